The molecule has 3 aliphatic carbocycles. The van der Waals surface area contributed by atoms with Gasteiger partial charge in [-0.2, -0.15) is 0 Å². The summed E-state index contributed by atoms with van der Waals surface area (Å²) in [6, 6.07) is 0. The third-order valence-electron chi connectivity index (χ3n) is 4.92. The first kappa shape index (κ1) is 8.59. The molecule has 4 atom stereocenters. The maximum Gasteiger partial charge on any atom is -0.0295 e. The lowest BCUT2D eigenvalue weighted by molar-refractivity contribution is -0.131. The van der Waals surface area contributed by atoms with Gasteiger partial charge in [0.1, 0.15) is 0 Å². The van der Waals surface area contributed by atoms with Gasteiger partial charge >= 0.3 is 0 Å². The molecule has 3 saturated carbocycles. The normalized spacial score (nSPS) is 50.0. The van der Waals surface area contributed by atoms with Gasteiger partial charge in [0.2, 0.25) is 0 Å². The van der Waals surface area contributed by atoms with Crippen molar-refractivity contribution in [1.29, 1.82) is 0 Å². The Morgan fingerprint density at radius 1 is 1.25 bits per heavy atom. The van der Waals surface area contributed by atoms with E-state index in [2.05, 4.69) is 27.7 Å². The largest absolute Gasteiger partial charge is 0.0651 e. The second kappa shape index (κ2) is 2.49. The van der Waals surface area contributed by atoms with Crippen molar-refractivity contribution in [3.63, 3.8) is 0 Å². The summed E-state index contributed by atoms with van der Waals surface area (Å²) in [5.41, 5.74) is 0.688. The van der Waals surface area contributed by atoms with Crippen LogP contribution < -0.4 is 0 Å². The zero-order valence-electron chi connectivity index (χ0n) is 8.93. The van der Waals surface area contributed by atoms with Gasteiger partial charge < -0.3 is 0 Å². The predicted octanol–water partition coefficient (Wildman–Crippen LogP) is 3.71. The van der Waals surface area contributed by atoms with Crippen molar-refractivity contribution in [3.05, 3.63) is 0 Å². The SMILES string of the molecule is CC[C@@H]1[C@H](C)C[C@H]2C[C@@H]1C2(C)C. The van der Waals surface area contributed by atoms with Crippen molar-refractivity contribution in [2.24, 2.45) is 29.1 Å². The summed E-state index contributed by atoms with van der Waals surface area (Å²) < 4.78 is 0. The van der Waals surface area contributed by atoms with Gasteiger partial charge in [-0.1, -0.05) is 34.1 Å². The minimum Gasteiger partial charge on any atom is -0.0651 e. The van der Waals surface area contributed by atoms with E-state index in [0.717, 1.165) is 23.7 Å². The second-order valence-corrected chi connectivity index (χ2v) is 5.65. The first-order chi connectivity index (χ1) is 5.57. The van der Waals surface area contributed by atoms with Crippen LogP contribution in [-0.2, 0) is 0 Å². The van der Waals surface area contributed by atoms with Crippen LogP contribution in [0.15, 0.2) is 0 Å². The summed E-state index contributed by atoms with van der Waals surface area (Å²) in [7, 11) is 0. The average Bonchev–Trinajstić information content (AvgIpc) is 2.03. The second-order valence-electron chi connectivity index (χ2n) is 5.65. The maximum absolute atomic E-state index is 2.49. The zero-order valence-corrected chi connectivity index (χ0v) is 8.93. The van der Waals surface area contributed by atoms with E-state index >= 15 is 0 Å². The van der Waals surface area contributed by atoms with Gasteiger partial charge in [-0.25, -0.2) is 0 Å². The van der Waals surface area contributed by atoms with Gasteiger partial charge in [0.25, 0.3) is 0 Å². The van der Waals surface area contributed by atoms with Crippen molar-refractivity contribution in [2.45, 2.75) is 47.0 Å². The standard InChI is InChI=1S/C12H22/c1-5-10-8(2)6-9-7-11(10)12(9,3)4/h8-11H,5-7H2,1-4H3/t8-,9+,10-,11+/m1/s1. The zero-order chi connectivity index (χ0) is 8.93. The third kappa shape index (κ3) is 0.900. The number of rotatable bonds is 1. The monoisotopic (exact) mass is 166 g/mol. The molecule has 0 unspecified atom stereocenters. The Bertz CT molecular complexity index is 180. The summed E-state index contributed by atoms with van der Waals surface area (Å²) in [5.74, 6) is 4.15. The quantitative estimate of drug-likeness (QED) is 0.557. The van der Waals surface area contributed by atoms with Gasteiger partial charge in [-0.05, 0) is 41.9 Å². The van der Waals surface area contributed by atoms with Crippen LogP contribution in [0.1, 0.15) is 47.0 Å². The van der Waals surface area contributed by atoms with Gasteiger partial charge in [-0.3, -0.25) is 0 Å². The Morgan fingerprint density at radius 3 is 2.33 bits per heavy atom. The van der Waals surface area contributed by atoms with Gasteiger partial charge in [0, 0.05) is 0 Å². The summed E-state index contributed by atoms with van der Waals surface area (Å²) in [6.07, 6.45) is 4.44. The van der Waals surface area contributed by atoms with Crippen molar-refractivity contribution in [3.8, 4) is 0 Å². The third-order valence-corrected chi connectivity index (χ3v) is 4.92. The molecule has 0 aromatic heterocycles. The molecule has 0 aromatic rings. The first-order valence-corrected chi connectivity index (χ1v) is 5.57. The molecule has 0 aliphatic heterocycles. The highest BCUT2D eigenvalue weighted by molar-refractivity contribution is 5.04. The van der Waals surface area contributed by atoms with Gasteiger partial charge in [-0.15, -0.1) is 0 Å². The van der Waals surface area contributed by atoms with Crippen LogP contribution in [0.4, 0.5) is 0 Å². The fourth-order valence-electron chi connectivity index (χ4n) is 3.89. The molecule has 0 spiro atoms. The minimum atomic E-state index is 0.688. The van der Waals surface area contributed by atoms with E-state index in [-0.39, 0.29) is 0 Å². The molecule has 12 heavy (non-hydrogen) atoms. The molecule has 0 nitrogen and oxygen atoms in total. The lowest BCUT2D eigenvalue weighted by Gasteiger charge is -2.62. The molecule has 0 N–H and O–H groups in total. The molecule has 3 aliphatic rings. The molecular weight excluding hydrogens is 144 g/mol. The molecule has 70 valence electrons. The smallest absolute Gasteiger partial charge is 0.0295 e. The predicted molar refractivity (Wildman–Crippen MR) is 52.9 cm³/mol. The Labute approximate surface area is 76.7 Å². The summed E-state index contributed by atoms with van der Waals surface area (Å²) in [5, 5.41) is 0. The molecular formula is C12H22. The Balaban J connectivity index is 2.15. The lowest BCUT2D eigenvalue weighted by atomic mass is 9.43. The highest BCUT2D eigenvalue weighted by Gasteiger charge is 2.55. The van der Waals surface area contributed by atoms with E-state index < -0.39 is 0 Å². The van der Waals surface area contributed by atoms with Crippen molar-refractivity contribution in [2.75, 3.05) is 0 Å². The van der Waals surface area contributed by atoms with Crippen LogP contribution in [0.5, 0.6) is 0 Å². The summed E-state index contributed by atoms with van der Waals surface area (Å²) in [4.78, 5) is 0. The van der Waals surface area contributed by atoms with Gasteiger partial charge in [0.05, 0.1) is 0 Å². The summed E-state index contributed by atoms with van der Waals surface area (Å²) in [6.45, 7) is 9.80. The van der Waals surface area contributed by atoms with Crippen LogP contribution in [-0.4, -0.2) is 0 Å². The van der Waals surface area contributed by atoms with Crippen molar-refractivity contribution < 1.29 is 0 Å². The molecule has 0 heterocycles. The number of hydrogen-bond donors (Lipinski definition) is 0. The van der Waals surface area contributed by atoms with E-state index in [1.54, 1.807) is 0 Å². The fourth-order valence-corrected chi connectivity index (χ4v) is 3.89. The fraction of sp³-hybridized carbons (Fsp3) is 1.00. The van der Waals surface area contributed by atoms with Crippen LogP contribution in [0.3, 0.4) is 0 Å². The van der Waals surface area contributed by atoms with Crippen molar-refractivity contribution >= 4 is 0 Å². The number of fused-ring (bicyclic) bond motifs is 2. The minimum absolute atomic E-state index is 0.688. The van der Waals surface area contributed by atoms with Crippen molar-refractivity contribution in [1.82, 2.24) is 0 Å². The molecule has 0 heteroatoms. The Morgan fingerprint density at radius 2 is 1.92 bits per heavy atom. The van der Waals surface area contributed by atoms with E-state index in [1.165, 1.54) is 19.3 Å². The molecule has 0 amide bonds. The van der Waals surface area contributed by atoms with E-state index in [0.29, 0.717) is 5.41 Å². The number of hydrogen-bond acceptors (Lipinski definition) is 0. The van der Waals surface area contributed by atoms with E-state index in [9.17, 15) is 0 Å². The molecule has 2 bridgehead atoms. The molecule has 0 radical (unpaired) electrons. The first-order valence-electron chi connectivity index (χ1n) is 5.57. The summed E-state index contributed by atoms with van der Waals surface area (Å²) >= 11 is 0. The molecule has 3 rings (SSSR count). The Hall–Kier alpha value is 0. The van der Waals surface area contributed by atoms with Crippen LogP contribution >= 0.6 is 0 Å². The topological polar surface area (TPSA) is 0 Å². The average molecular weight is 166 g/mol. The highest BCUT2D eigenvalue weighted by atomic mass is 14.6. The maximum atomic E-state index is 2.49. The Kier molecular flexibility index (Phi) is 1.79. The lowest BCUT2D eigenvalue weighted by Crippen LogP contribution is -2.54. The van der Waals surface area contributed by atoms with Crippen LogP contribution in [0.25, 0.3) is 0 Å². The highest BCUT2D eigenvalue weighted by Crippen LogP contribution is 2.63. The van der Waals surface area contributed by atoms with E-state index in [4.69, 9.17) is 0 Å². The van der Waals surface area contributed by atoms with Crippen LogP contribution in [0.2, 0.25) is 0 Å². The molecule has 0 aromatic carbocycles. The van der Waals surface area contributed by atoms with E-state index in [1.807, 2.05) is 0 Å². The van der Waals surface area contributed by atoms with Crippen LogP contribution in [0, 0.1) is 29.1 Å². The molecule has 0 saturated heterocycles. The van der Waals surface area contributed by atoms with Gasteiger partial charge in [0.15, 0.2) is 0 Å². The molecule has 3 fully saturated rings.